The normalized spacial score (nSPS) is 40.9. The lowest BCUT2D eigenvalue weighted by Gasteiger charge is -2.44. The molecule has 98 valence electrons. The molecule has 0 aromatic rings. The second kappa shape index (κ2) is 4.84. The minimum Gasteiger partial charge on any atom is -0.329 e. The zero-order valence-electron chi connectivity index (χ0n) is 11.0. The van der Waals surface area contributed by atoms with Crippen molar-refractivity contribution in [2.24, 2.45) is 5.73 Å². The van der Waals surface area contributed by atoms with Crippen LogP contribution in [0.3, 0.4) is 0 Å². The average molecular weight is 238 g/mol. The Morgan fingerprint density at radius 2 is 1.94 bits per heavy atom. The fourth-order valence-electron chi connectivity index (χ4n) is 4.11. The Morgan fingerprint density at radius 3 is 2.76 bits per heavy atom. The van der Waals surface area contributed by atoms with Crippen LogP contribution >= 0.6 is 0 Å². The van der Waals surface area contributed by atoms with Crippen LogP contribution in [0.1, 0.15) is 19.3 Å². The summed E-state index contributed by atoms with van der Waals surface area (Å²) in [6.45, 7) is 7.04. The van der Waals surface area contributed by atoms with Gasteiger partial charge in [-0.2, -0.15) is 0 Å². The van der Waals surface area contributed by atoms with Gasteiger partial charge in [-0.15, -0.1) is 0 Å². The van der Waals surface area contributed by atoms with Crippen molar-refractivity contribution >= 4 is 0 Å². The molecule has 3 saturated heterocycles. The Bertz CT molecular complexity index is 270. The summed E-state index contributed by atoms with van der Waals surface area (Å²) in [5.41, 5.74) is 5.98. The quantitative estimate of drug-likeness (QED) is 0.723. The second-order valence-electron chi connectivity index (χ2n) is 5.99. The molecule has 3 rings (SSSR count). The lowest BCUT2D eigenvalue weighted by Crippen LogP contribution is -2.60. The van der Waals surface area contributed by atoms with E-state index in [-0.39, 0.29) is 0 Å². The molecule has 3 heterocycles. The van der Waals surface area contributed by atoms with E-state index in [0.717, 1.165) is 25.2 Å². The summed E-state index contributed by atoms with van der Waals surface area (Å²) in [5, 5.41) is 0. The van der Waals surface area contributed by atoms with E-state index in [1.807, 2.05) is 0 Å². The molecule has 0 aliphatic carbocycles. The first kappa shape index (κ1) is 11.9. The van der Waals surface area contributed by atoms with Gasteiger partial charge in [-0.1, -0.05) is 0 Å². The van der Waals surface area contributed by atoms with E-state index in [0.29, 0.717) is 6.04 Å². The molecule has 0 spiro atoms. The predicted octanol–water partition coefficient (Wildman–Crippen LogP) is -0.202. The third-order valence-electron chi connectivity index (χ3n) is 5.00. The molecular formula is C13H26N4. The first-order valence-electron chi connectivity index (χ1n) is 7.18. The van der Waals surface area contributed by atoms with Gasteiger partial charge in [0.2, 0.25) is 0 Å². The Labute approximate surface area is 105 Å². The lowest BCUT2D eigenvalue weighted by molar-refractivity contribution is 0.0450. The van der Waals surface area contributed by atoms with Crippen LogP contribution in [0.25, 0.3) is 0 Å². The number of nitrogens with zero attached hydrogens (tertiary/aromatic N) is 3. The molecule has 0 amide bonds. The van der Waals surface area contributed by atoms with Crippen LogP contribution in [0.4, 0.5) is 0 Å². The van der Waals surface area contributed by atoms with Gasteiger partial charge in [0.15, 0.2) is 0 Å². The average Bonchev–Trinajstić information content (AvgIpc) is 2.91. The Balaban J connectivity index is 1.70. The number of rotatable bonds is 2. The maximum atomic E-state index is 5.98. The zero-order chi connectivity index (χ0) is 11.8. The molecule has 0 radical (unpaired) electrons. The number of fused-ring (bicyclic) bond motifs is 1. The van der Waals surface area contributed by atoms with Crippen molar-refractivity contribution < 1.29 is 0 Å². The molecule has 3 aliphatic heterocycles. The Hall–Kier alpha value is -0.160. The van der Waals surface area contributed by atoms with E-state index in [1.54, 1.807) is 0 Å². The van der Waals surface area contributed by atoms with Crippen molar-refractivity contribution in [1.82, 2.24) is 14.7 Å². The van der Waals surface area contributed by atoms with E-state index in [9.17, 15) is 0 Å². The molecule has 3 fully saturated rings. The van der Waals surface area contributed by atoms with Crippen molar-refractivity contribution in [3.8, 4) is 0 Å². The molecular weight excluding hydrogens is 212 g/mol. The summed E-state index contributed by atoms with van der Waals surface area (Å²) in [4.78, 5) is 7.86. The van der Waals surface area contributed by atoms with Crippen molar-refractivity contribution in [3.05, 3.63) is 0 Å². The monoisotopic (exact) mass is 238 g/mol. The van der Waals surface area contributed by atoms with Crippen molar-refractivity contribution in [3.63, 3.8) is 0 Å². The van der Waals surface area contributed by atoms with Gasteiger partial charge in [0.25, 0.3) is 0 Å². The van der Waals surface area contributed by atoms with Crippen LogP contribution in [0, 0.1) is 0 Å². The van der Waals surface area contributed by atoms with Crippen molar-refractivity contribution in [2.75, 3.05) is 46.3 Å². The van der Waals surface area contributed by atoms with Crippen LogP contribution in [-0.4, -0.2) is 79.1 Å². The first-order chi connectivity index (χ1) is 8.29. The smallest absolute Gasteiger partial charge is 0.0349 e. The molecule has 3 unspecified atom stereocenters. The van der Waals surface area contributed by atoms with E-state index in [2.05, 4.69) is 21.7 Å². The van der Waals surface area contributed by atoms with Crippen LogP contribution in [-0.2, 0) is 0 Å². The standard InChI is InChI=1S/C13H26N4/c1-15-7-8-17(11(9-14)10-15)13-4-6-16-5-2-3-12(13)16/h11-13H,2-10,14H2,1H3. The molecule has 3 atom stereocenters. The van der Waals surface area contributed by atoms with Gasteiger partial charge >= 0.3 is 0 Å². The van der Waals surface area contributed by atoms with Crippen LogP contribution < -0.4 is 5.73 Å². The molecule has 4 heteroatoms. The van der Waals surface area contributed by atoms with E-state index in [1.165, 1.54) is 45.4 Å². The predicted molar refractivity (Wildman–Crippen MR) is 70.0 cm³/mol. The molecule has 0 bridgehead atoms. The summed E-state index contributed by atoms with van der Waals surface area (Å²) < 4.78 is 0. The Morgan fingerprint density at radius 1 is 1.06 bits per heavy atom. The maximum absolute atomic E-state index is 5.98. The van der Waals surface area contributed by atoms with Gasteiger partial charge in [0.1, 0.15) is 0 Å². The summed E-state index contributed by atoms with van der Waals surface area (Å²) >= 11 is 0. The van der Waals surface area contributed by atoms with Gasteiger partial charge in [-0.25, -0.2) is 0 Å². The van der Waals surface area contributed by atoms with Crippen molar-refractivity contribution in [1.29, 1.82) is 0 Å². The van der Waals surface area contributed by atoms with Crippen LogP contribution in [0.2, 0.25) is 0 Å². The van der Waals surface area contributed by atoms with Gasteiger partial charge in [-0.05, 0) is 32.9 Å². The molecule has 3 aliphatic rings. The Kier molecular flexibility index (Phi) is 3.39. The number of hydrogen-bond acceptors (Lipinski definition) is 4. The molecule has 0 aromatic heterocycles. The summed E-state index contributed by atoms with van der Waals surface area (Å²) in [5.74, 6) is 0. The summed E-state index contributed by atoms with van der Waals surface area (Å²) in [7, 11) is 2.22. The van der Waals surface area contributed by atoms with Crippen LogP contribution in [0.15, 0.2) is 0 Å². The largest absolute Gasteiger partial charge is 0.329 e. The third-order valence-corrected chi connectivity index (χ3v) is 5.00. The molecule has 2 N–H and O–H groups in total. The number of piperazine rings is 1. The lowest BCUT2D eigenvalue weighted by atomic mass is 10.0. The SMILES string of the molecule is CN1CCN(C2CCN3CCCC23)C(CN)C1. The maximum Gasteiger partial charge on any atom is 0.0349 e. The highest BCUT2D eigenvalue weighted by Crippen LogP contribution is 2.32. The van der Waals surface area contributed by atoms with Crippen molar-refractivity contribution in [2.45, 2.75) is 37.4 Å². The number of likely N-dealkylation sites (N-methyl/N-ethyl adjacent to an activating group) is 1. The van der Waals surface area contributed by atoms with Crippen LogP contribution in [0.5, 0.6) is 0 Å². The van der Waals surface area contributed by atoms with Gasteiger partial charge in [0, 0.05) is 50.8 Å². The second-order valence-corrected chi connectivity index (χ2v) is 5.99. The summed E-state index contributed by atoms with van der Waals surface area (Å²) in [6, 6.07) is 2.21. The summed E-state index contributed by atoms with van der Waals surface area (Å²) in [6.07, 6.45) is 4.18. The number of nitrogens with two attached hydrogens (primary N) is 1. The molecule has 0 aromatic carbocycles. The molecule has 4 nitrogen and oxygen atoms in total. The fraction of sp³-hybridized carbons (Fsp3) is 1.00. The van der Waals surface area contributed by atoms with Gasteiger partial charge < -0.3 is 10.6 Å². The highest BCUT2D eigenvalue weighted by atomic mass is 15.3. The highest BCUT2D eigenvalue weighted by Gasteiger charge is 2.42. The molecule has 17 heavy (non-hydrogen) atoms. The number of hydrogen-bond donors (Lipinski definition) is 1. The van der Waals surface area contributed by atoms with E-state index >= 15 is 0 Å². The fourth-order valence-corrected chi connectivity index (χ4v) is 4.11. The van der Waals surface area contributed by atoms with Gasteiger partial charge in [0.05, 0.1) is 0 Å². The minimum absolute atomic E-state index is 0.583. The zero-order valence-corrected chi connectivity index (χ0v) is 11.0. The third kappa shape index (κ3) is 2.12. The molecule has 0 saturated carbocycles. The van der Waals surface area contributed by atoms with Gasteiger partial charge in [-0.3, -0.25) is 9.80 Å². The minimum atomic E-state index is 0.583. The van der Waals surface area contributed by atoms with E-state index < -0.39 is 0 Å². The topological polar surface area (TPSA) is 35.7 Å². The van der Waals surface area contributed by atoms with E-state index in [4.69, 9.17) is 5.73 Å². The highest BCUT2D eigenvalue weighted by molar-refractivity contribution is 5.00. The first-order valence-corrected chi connectivity index (χ1v) is 7.18.